The minimum Gasteiger partial charge on any atom is -0.325 e. The van der Waals surface area contributed by atoms with E-state index in [0.29, 0.717) is 11.4 Å². The maximum atomic E-state index is 11.0. The number of anilines is 2. The summed E-state index contributed by atoms with van der Waals surface area (Å²) in [4.78, 5) is 11.0. The molecule has 0 radical (unpaired) electrons. The van der Waals surface area contributed by atoms with Gasteiger partial charge in [-0.15, -0.1) is 11.6 Å². The SMILES string of the molecule is CS(=O)(=O)Nc1cccc(NC(=O)CCl)c1. The monoisotopic (exact) mass is 262 g/mol. The van der Waals surface area contributed by atoms with E-state index in [0.717, 1.165) is 6.26 Å². The number of benzene rings is 1. The quantitative estimate of drug-likeness (QED) is 0.802. The van der Waals surface area contributed by atoms with Crippen LogP contribution in [0.15, 0.2) is 24.3 Å². The van der Waals surface area contributed by atoms with Crippen molar-refractivity contribution >= 4 is 38.9 Å². The second-order valence-electron chi connectivity index (χ2n) is 3.14. The van der Waals surface area contributed by atoms with Crippen molar-refractivity contribution in [1.29, 1.82) is 0 Å². The molecule has 0 fully saturated rings. The molecule has 0 atom stereocenters. The topological polar surface area (TPSA) is 75.3 Å². The van der Waals surface area contributed by atoms with Crippen molar-refractivity contribution in [3.8, 4) is 0 Å². The van der Waals surface area contributed by atoms with Crippen LogP contribution in [0.1, 0.15) is 0 Å². The smallest absolute Gasteiger partial charge is 0.239 e. The molecule has 1 aromatic rings. The van der Waals surface area contributed by atoms with E-state index in [4.69, 9.17) is 11.6 Å². The van der Waals surface area contributed by atoms with Crippen LogP contribution in [-0.4, -0.2) is 26.5 Å². The maximum absolute atomic E-state index is 11.0. The standard InChI is InChI=1S/C9H11ClN2O3S/c1-16(14,15)12-8-4-2-3-7(5-8)11-9(13)6-10/h2-5,12H,6H2,1H3,(H,11,13). The van der Waals surface area contributed by atoms with Gasteiger partial charge in [-0.1, -0.05) is 6.07 Å². The van der Waals surface area contributed by atoms with Gasteiger partial charge in [-0.2, -0.15) is 0 Å². The molecular weight excluding hydrogens is 252 g/mol. The summed E-state index contributed by atoms with van der Waals surface area (Å²) in [6.45, 7) is 0. The Hall–Kier alpha value is -1.27. The first-order chi connectivity index (χ1) is 7.40. The zero-order chi connectivity index (χ0) is 12.2. The normalized spacial score (nSPS) is 10.9. The van der Waals surface area contributed by atoms with Gasteiger partial charge in [0.1, 0.15) is 5.88 Å². The Morgan fingerprint density at radius 3 is 2.56 bits per heavy atom. The lowest BCUT2D eigenvalue weighted by atomic mass is 10.3. The summed E-state index contributed by atoms with van der Waals surface area (Å²) in [5.74, 6) is -0.498. The number of amides is 1. The molecule has 0 aliphatic rings. The second kappa shape index (κ2) is 5.18. The summed E-state index contributed by atoms with van der Waals surface area (Å²) in [5, 5.41) is 2.51. The van der Waals surface area contributed by atoms with Crippen LogP contribution in [0, 0.1) is 0 Å². The lowest BCUT2D eigenvalue weighted by Gasteiger charge is -2.07. The van der Waals surface area contributed by atoms with Crippen LogP contribution in [0.25, 0.3) is 0 Å². The Labute approximate surface area is 98.9 Å². The molecule has 0 saturated carbocycles. The van der Waals surface area contributed by atoms with Gasteiger partial charge in [0.15, 0.2) is 0 Å². The fourth-order valence-electron chi connectivity index (χ4n) is 1.07. The Balaban J connectivity index is 2.83. The van der Waals surface area contributed by atoms with Crippen LogP contribution in [0.5, 0.6) is 0 Å². The first kappa shape index (κ1) is 12.8. The highest BCUT2D eigenvalue weighted by atomic mass is 35.5. The number of rotatable bonds is 4. The molecule has 16 heavy (non-hydrogen) atoms. The highest BCUT2D eigenvalue weighted by Gasteiger charge is 2.04. The maximum Gasteiger partial charge on any atom is 0.239 e. The van der Waals surface area contributed by atoms with Gasteiger partial charge in [-0.25, -0.2) is 8.42 Å². The summed E-state index contributed by atoms with van der Waals surface area (Å²) in [6, 6.07) is 6.35. The summed E-state index contributed by atoms with van der Waals surface area (Å²) in [5.41, 5.74) is 0.870. The van der Waals surface area contributed by atoms with Gasteiger partial charge in [-0.3, -0.25) is 9.52 Å². The fourth-order valence-corrected chi connectivity index (χ4v) is 1.69. The van der Waals surface area contributed by atoms with E-state index in [1.54, 1.807) is 18.2 Å². The van der Waals surface area contributed by atoms with E-state index >= 15 is 0 Å². The Morgan fingerprint density at radius 1 is 1.38 bits per heavy atom. The minimum atomic E-state index is -3.32. The van der Waals surface area contributed by atoms with Gasteiger partial charge in [0.2, 0.25) is 15.9 Å². The fraction of sp³-hybridized carbons (Fsp3) is 0.222. The van der Waals surface area contributed by atoms with Crippen molar-refractivity contribution in [1.82, 2.24) is 0 Å². The Bertz CT molecular complexity index is 487. The Morgan fingerprint density at radius 2 is 2.00 bits per heavy atom. The molecule has 0 aromatic heterocycles. The lowest BCUT2D eigenvalue weighted by Crippen LogP contribution is -2.13. The molecule has 0 bridgehead atoms. The first-order valence-electron chi connectivity index (χ1n) is 4.34. The first-order valence-corrected chi connectivity index (χ1v) is 6.77. The molecule has 2 N–H and O–H groups in total. The summed E-state index contributed by atoms with van der Waals surface area (Å²) in [7, 11) is -3.32. The summed E-state index contributed by atoms with van der Waals surface area (Å²) >= 11 is 5.32. The molecule has 5 nitrogen and oxygen atoms in total. The molecule has 0 aliphatic heterocycles. The molecular formula is C9H11ClN2O3S. The van der Waals surface area contributed by atoms with Gasteiger partial charge in [0.25, 0.3) is 0 Å². The third-order valence-electron chi connectivity index (χ3n) is 1.57. The molecule has 1 aromatic carbocycles. The summed E-state index contributed by atoms with van der Waals surface area (Å²) < 4.78 is 24.2. The predicted molar refractivity (Wildman–Crippen MR) is 64.3 cm³/mol. The van der Waals surface area contributed by atoms with E-state index in [1.807, 2.05) is 0 Å². The van der Waals surface area contributed by atoms with Crippen LogP contribution in [0.2, 0.25) is 0 Å². The van der Waals surface area contributed by atoms with Crippen molar-refractivity contribution in [2.75, 3.05) is 22.2 Å². The van der Waals surface area contributed by atoms with Crippen LogP contribution in [-0.2, 0) is 14.8 Å². The van der Waals surface area contributed by atoms with E-state index in [-0.39, 0.29) is 11.8 Å². The Kier molecular flexibility index (Phi) is 4.14. The summed E-state index contributed by atoms with van der Waals surface area (Å²) in [6.07, 6.45) is 1.05. The number of nitrogens with one attached hydrogen (secondary N) is 2. The second-order valence-corrected chi connectivity index (χ2v) is 5.15. The predicted octanol–water partition coefficient (Wildman–Crippen LogP) is 1.24. The minimum absolute atomic E-state index is 0.149. The van der Waals surface area contributed by atoms with Gasteiger partial charge in [-0.05, 0) is 18.2 Å². The molecule has 0 saturated heterocycles. The van der Waals surface area contributed by atoms with Crippen LogP contribution < -0.4 is 10.0 Å². The third kappa shape index (κ3) is 4.50. The van der Waals surface area contributed by atoms with Gasteiger partial charge >= 0.3 is 0 Å². The number of alkyl halides is 1. The third-order valence-corrected chi connectivity index (χ3v) is 2.42. The van der Waals surface area contributed by atoms with Crippen molar-refractivity contribution in [2.45, 2.75) is 0 Å². The molecule has 0 heterocycles. The molecule has 1 rings (SSSR count). The van der Waals surface area contributed by atoms with Crippen molar-refractivity contribution < 1.29 is 13.2 Å². The number of hydrogen-bond acceptors (Lipinski definition) is 3. The molecule has 88 valence electrons. The highest BCUT2D eigenvalue weighted by Crippen LogP contribution is 2.15. The lowest BCUT2D eigenvalue weighted by molar-refractivity contribution is -0.113. The van der Waals surface area contributed by atoms with Gasteiger partial charge < -0.3 is 5.32 Å². The number of halogens is 1. The van der Waals surface area contributed by atoms with Crippen molar-refractivity contribution in [2.24, 2.45) is 0 Å². The largest absolute Gasteiger partial charge is 0.325 e. The van der Waals surface area contributed by atoms with E-state index < -0.39 is 10.0 Å². The van der Waals surface area contributed by atoms with Crippen LogP contribution in [0.4, 0.5) is 11.4 Å². The molecule has 0 unspecified atom stereocenters. The van der Waals surface area contributed by atoms with E-state index in [9.17, 15) is 13.2 Å². The zero-order valence-electron chi connectivity index (χ0n) is 8.53. The van der Waals surface area contributed by atoms with Crippen LogP contribution >= 0.6 is 11.6 Å². The average molecular weight is 263 g/mol. The highest BCUT2D eigenvalue weighted by molar-refractivity contribution is 7.92. The number of sulfonamides is 1. The zero-order valence-corrected chi connectivity index (χ0v) is 10.1. The van der Waals surface area contributed by atoms with Crippen molar-refractivity contribution in [3.05, 3.63) is 24.3 Å². The molecule has 0 aliphatic carbocycles. The molecule has 1 amide bonds. The molecule has 7 heteroatoms. The van der Waals surface area contributed by atoms with E-state index in [1.165, 1.54) is 6.07 Å². The van der Waals surface area contributed by atoms with E-state index in [2.05, 4.69) is 10.0 Å². The number of hydrogen-bond donors (Lipinski definition) is 2. The number of carbonyl (C=O) groups excluding carboxylic acids is 1. The average Bonchev–Trinajstić information content (AvgIpc) is 2.15. The van der Waals surface area contributed by atoms with Crippen LogP contribution in [0.3, 0.4) is 0 Å². The van der Waals surface area contributed by atoms with Gasteiger partial charge in [0.05, 0.1) is 11.9 Å². The van der Waals surface area contributed by atoms with Crippen molar-refractivity contribution in [3.63, 3.8) is 0 Å². The molecule has 0 spiro atoms. The van der Waals surface area contributed by atoms with Gasteiger partial charge in [0, 0.05) is 5.69 Å². The number of carbonyl (C=O) groups is 1.